The van der Waals surface area contributed by atoms with Gasteiger partial charge in [0.05, 0.1) is 0 Å². The van der Waals surface area contributed by atoms with Crippen molar-refractivity contribution in [3.8, 4) is 0 Å². The van der Waals surface area contributed by atoms with E-state index in [1.54, 1.807) is 0 Å². The minimum Gasteiger partial charge on any atom is -0.338 e. The molecule has 118 valence electrons. The molecule has 1 fully saturated rings. The Balaban J connectivity index is 1.89. The van der Waals surface area contributed by atoms with Gasteiger partial charge < -0.3 is 10.2 Å². The topological polar surface area (TPSA) is 41.1 Å². The Labute approximate surface area is 129 Å². The van der Waals surface area contributed by atoms with Crippen LogP contribution in [0.15, 0.2) is 12.4 Å². The molecule has 2 rings (SSSR count). The average molecular weight is 290 g/mol. The standard InChI is InChI=1S/C17H30N4/c1-13(2)7-8-21(16-5-6-16)17-19-11-15(12-20-17)10-18-9-14(3)4/h11-14,16,18H,5-10H2,1-4H3. The minimum absolute atomic E-state index is 0.673. The predicted octanol–water partition coefficient (Wildman–Crippen LogP) is 3.24. The molecule has 1 N–H and O–H groups in total. The zero-order chi connectivity index (χ0) is 15.2. The number of rotatable bonds is 9. The molecule has 0 atom stereocenters. The van der Waals surface area contributed by atoms with Crippen LogP contribution in [-0.2, 0) is 6.54 Å². The van der Waals surface area contributed by atoms with E-state index in [4.69, 9.17) is 0 Å². The summed E-state index contributed by atoms with van der Waals surface area (Å²) in [6, 6.07) is 0.675. The molecule has 0 spiro atoms. The summed E-state index contributed by atoms with van der Waals surface area (Å²) in [5.41, 5.74) is 1.17. The number of anilines is 1. The number of hydrogen-bond donors (Lipinski definition) is 1. The van der Waals surface area contributed by atoms with Crippen LogP contribution in [0, 0.1) is 11.8 Å². The zero-order valence-electron chi connectivity index (χ0n) is 14.0. The SMILES string of the molecule is CC(C)CCN(c1ncc(CNCC(C)C)cn1)C1CC1. The summed E-state index contributed by atoms with van der Waals surface area (Å²) in [7, 11) is 0. The lowest BCUT2D eigenvalue weighted by Gasteiger charge is -2.23. The molecular formula is C17H30N4. The van der Waals surface area contributed by atoms with Gasteiger partial charge in [-0.15, -0.1) is 0 Å². The lowest BCUT2D eigenvalue weighted by molar-refractivity contribution is 0.550. The van der Waals surface area contributed by atoms with Crippen molar-refractivity contribution in [2.45, 2.75) is 59.5 Å². The van der Waals surface area contributed by atoms with Crippen LogP contribution < -0.4 is 10.2 Å². The Morgan fingerprint density at radius 1 is 1.14 bits per heavy atom. The molecule has 0 radical (unpaired) electrons. The van der Waals surface area contributed by atoms with Crippen LogP contribution in [-0.4, -0.2) is 29.1 Å². The van der Waals surface area contributed by atoms with Crippen molar-refractivity contribution in [1.29, 1.82) is 0 Å². The average Bonchev–Trinajstić information content (AvgIpc) is 3.24. The molecule has 1 aliphatic carbocycles. The van der Waals surface area contributed by atoms with Gasteiger partial charge in [0, 0.05) is 37.1 Å². The van der Waals surface area contributed by atoms with Gasteiger partial charge in [-0.3, -0.25) is 0 Å². The molecule has 1 aliphatic rings. The Kier molecular flexibility index (Phi) is 5.97. The third-order valence-corrected chi connectivity index (χ3v) is 3.77. The van der Waals surface area contributed by atoms with Crippen molar-refractivity contribution in [3.63, 3.8) is 0 Å². The third-order valence-electron chi connectivity index (χ3n) is 3.77. The van der Waals surface area contributed by atoms with Gasteiger partial charge in [-0.05, 0) is 37.6 Å². The maximum atomic E-state index is 4.59. The Morgan fingerprint density at radius 2 is 1.81 bits per heavy atom. The van der Waals surface area contributed by atoms with Crippen LogP contribution in [0.4, 0.5) is 5.95 Å². The van der Waals surface area contributed by atoms with Gasteiger partial charge in [0.25, 0.3) is 0 Å². The highest BCUT2D eigenvalue weighted by Crippen LogP contribution is 2.30. The quantitative estimate of drug-likeness (QED) is 0.758. The number of hydrogen-bond acceptors (Lipinski definition) is 4. The molecule has 4 nitrogen and oxygen atoms in total. The van der Waals surface area contributed by atoms with Gasteiger partial charge in [-0.1, -0.05) is 27.7 Å². The molecule has 0 aromatic carbocycles. The molecule has 1 saturated carbocycles. The first kappa shape index (κ1) is 16.2. The van der Waals surface area contributed by atoms with E-state index in [1.807, 2.05) is 12.4 Å². The van der Waals surface area contributed by atoms with Gasteiger partial charge in [0.2, 0.25) is 5.95 Å². The number of nitrogens with one attached hydrogen (secondary N) is 1. The number of nitrogens with zero attached hydrogens (tertiary/aromatic N) is 3. The highest BCUT2D eigenvalue weighted by Gasteiger charge is 2.30. The van der Waals surface area contributed by atoms with Gasteiger partial charge in [0.15, 0.2) is 0 Å². The summed E-state index contributed by atoms with van der Waals surface area (Å²) in [6.45, 7) is 11.9. The smallest absolute Gasteiger partial charge is 0.225 e. The van der Waals surface area contributed by atoms with Crippen LogP contribution in [0.3, 0.4) is 0 Å². The van der Waals surface area contributed by atoms with Crippen molar-refractivity contribution < 1.29 is 0 Å². The largest absolute Gasteiger partial charge is 0.338 e. The Bertz CT molecular complexity index is 409. The van der Waals surface area contributed by atoms with E-state index in [0.29, 0.717) is 12.0 Å². The van der Waals surface area contributed by atoms with E-state index in [-0.39, 0.29) is 0 Å². The second-order valence-electron chi connectivity index (χ2n) is 7.02. The van der Waals surface area contributed by atoms with E-state index >= 15 is 0 Å². The summed E-state index contributed by atoms with van der Waals surface area (Å²) in [4.78, 5) is 11.6. The van der Waals surface area contributed by atoms with Crippen LogP contribution in [0.2, 0.25) is 0 Å². The lowest BCUT2D eigenvalue weighted by atomic mass is 10.1. The predicted molar refractivity (Wildman–Crippen MR) is 88.4 cm³/mol. The molecule has 0 unspecified atom stereocenters. The molecule has 1 aromatic rings. The molecule has 0 amide bonds. The van der Waals surface area contributed by atoms with Gasteiger partial charge >= 0.3 is 0 Å². The molecule has 1 heterocycles. The van der Waals surface area contributed by atoms with E-state index < -0.39 is 0 Å². The molecular weight excluding hydrogens is 260 g/mol. The summed E-state index contributed by atoms with van der Waals surface area (Å²) in [5, 5.41) is 3.43. The first-order valence-electron chi connectivity index (χ1n) is 8.34. The molecule has 0 aliphatic heterocycles. The highest BCUT2D eigenvalue weighted by molar-refractivity contribution is 5.34. The monoisotopic (exact) mass is 290 g/mol. The lowest BCUT2D eigenvalue weighted by Crippen LogP contribution is -2.29. The van der Waals surface area contributed by atoms with E-state index in [1.165, 1.54) is 24.8 Å². The molecule has 1 aromatic heterocycles. The maximum absolute atomic E-state index is 4.59. The summed E-state index contributed by atoms with van der Waals surface area (Å²) >= 11 is 0. The summed E-state index contributed by atoms with van der Waals surface area (Å²) in [5.74, 6) is 2.31. The minimum atomic E-state index is 0.673. The van der Waals surface area contributed by atoms with Gasteiger partial charge in [-0.2, -0.15) is 0 Å². The van der Waals surface area contributed by atoms with Crippen molar-refractivity contribution in [3.05, 3.63) is 18.0 Å². The van der Waals surface area contributed by atoms with Crippen LogP contribution in [0.1, 0.15) is 52.5 Å². The highest BCUT2D eigenvalue weighted by atomic mass is 15.3. The van der Waals surface area contributed by atoms with Gasteiger partial charge in [0.1, 0.15) is 0 Å². The second kappa shape index (κ2) is 7.74. The molecule has 4 heteroatoms. The van der Waals surface area contributed by atoms with Crippen molar-refractivity contribution in [2.75, 3.05) is 18.0 Å². The first-order chi connectivity index (χ1) is 10.1. The van der Waals surface area contributed by atoms with Crippen LogP contribution >= 0.6 is 0 Å². The Hall–Kier alpha value is -1.16. The van der Waals surface area contributed by atoms with E-state index in [0.717, 1.165) is 31.5 Å². The molecule has 21 heavy (non-hydrogen) atoms. The number of aromatic nitrogens is 2. The molecule has 0 saturated heterocycles. The summed E-state index contributed by atoms with van der Waals surface area (Å²) in [6.07, 6.45) is 7.73. The van der Waals surface area contributed by atoms with Crippen molar-refractivity contribution in [1.82, 2.24) is 15.3 Å². The van der Waals surface area contributed by atoms with E-state index in [2.05, 4.69) is 47.9 Å². The fourth-order valence-electron chi connectivity index (χ4n) is 2.32. The fourth-order valence-corrected chi connectivity index (χ4v) is 2.32. The fraction of sp³-hybridized carbons (Fsp3) is 0.765. The Morgan fingerprint density at radius 3 is 2.33 bits per heavy atom. The maximum Gasteiger partial charge on any atom is 0.225 e. The van der Waals surface area contributed by atoms with Gasteiger partial charge in [-0.25, -0.2) is 9.97 Å². The van der Waals surface area contributed by atoms with Crippen molar-refractivity contribution in [2.24, 2.45) is 11.8 Å². The zero-order valence-corrected chi connectivity index (χ0v) is 14.0. The summed E-state index contributed by atoms with van der Waals surface area (Å²) < 4.78 is 0. The van der Waals surface area contributed by atoms with Crippen LogP contribution in [0.5, 0.6) is 0 Å². The molecule has 0 bridgehead atoms. The van der Waals surface area contributed by atoms with E-state index in [9.17, 15) is 0 Å². The van der Waals surface area contributed by atoms with Crippen molar-refractivity contribution >= 4 is 5.95 Å². The third kappa shape index (κ3) is 5.62. The second-order valence-corrected chi connectivity index (χ2v) is 7.02. The first-order valence-corrected chi connectivity index (χ1v) is 8.34. The normalized spacial score (nSPS) is 15.0. The van der Waals surface area contributed by atoms with Crippen LogP contribution in [0.25, 0.3) is 0 Å².